The second kappa shape index (κ2) is 29.8. The minimum atomic E-state index is 0. The van der Waals surface area contributed by atoms with Gasteiger partial charge in [-0.05, 0) is 25.7 Å². The molecule has 21 heavy (non-hydrogen) atoms. The van der Waals surface area contributed by atoms with Gasteiger partial charge >= 0.3 is 0 Å². The van der Waals surface area contributed by atoms with E-state index in [1.54, 1.807) is 0 Å². The maximum Gasteiger partial charge on any atom is 0.0431 e. The molecule has 2 nitrogen and oxygen atoms in total. The van der Waals surface area contributed by atoms with Crippen molar-refractivity contribution in [3.63, 3.8) is 0 Å². The molecule has 0 N–H and O–H groups in total. The predicted octanol–water partition coefficient (Wildman–Crippen LogP) is 6.60. The van der Waals surface area contributed by atoms with E-state index in [9.17, 15) is 0 Å². The van der Waals surface area contributed by atoms with Crippen molar-refractivity contribution in [1.29, 1.82) is 0 Å². The van der Waals surface area contributed by atoms with Crippen LogP contribution in [-0.4, -0.2) is 11.4 Å². The van der Waals surface area contributed by atoms with Gasteiger partial charge < -0.3 is 0 Å². The Morgan fingerprint density at radius 1 is 0.810 bits per heavy atom. The quantitative estimate of drug-likeness (QED) is 0.508. The Morgan fingerprint density at radius 3 is 1.05 bits per heavy atom. The largest absolute Gasteiger partial charge is 0.160 e. The first-order valence-corrected chi connectivity index (χ1v) is 7.41. The van der Waals surface area contributed by atoms with Crippen LogP contribution in [0, 0.1) is 87.3 Å². The summed E-state index contributed by atoms with van der Waals surface area (Å²) in [6.07, 6.45) is 2.22. The standard InChI is InChI=1S/C6H14.C5H8N2.C3H8.C2H6.CH4.2Ar/c1-5(2)6(3)4;1-4-3-5(2)7-6-4;1-3-2;1-2;;;/h5-6H,1-4H3;3H2,1-2H3;3H2,1-2H3;1-2H3;1H4;;. The smallest absolute Gasteiger partial charge is 0.0431 e. The van der Waals surface area contributed by atoms with Crippen LogP contribution < -0.4 is 0 Å². The first-order valence-electron chi connectivity index (χ1n) is 7.41. The molecule has 134 valence electrons. The summed E-state index contributed by atoms with van der Waals surface area (Å²) in [6.45, 7) is 21.2. The van der Waals surface area contributed by atoms with Gasteiger partial charge in [0.1, 0.15) is 0 Å². The number of hydrogen-bond donors (Lipinski definition) is 0. The molecule has 4 heteroatoms. The Bertz CT molecular complexity index is 201. The van der Waals surface area contributed by atoms with Crippen molar-refractivity contribution in [3.8, 4) is 0 Å². The Morgan fingerprint density at radius 2 is 1.00 bits per heavy atom. The van der Waals surface area contributed by atoms with Gasteiger partial charge in [0, 0.05) is 93.3 Å². The molecule has 1 aliphatic rings. The third-order valence-electron chi connectivity index (χ3n) is 2.24. The molecule has 0 atom stereocenters. The molecule has 0 saturated heterocycles. The third kappa shape index (κ3) is 39.0. The van der Waals surface area contributed by atoms with Crippen LogP contribution >= 0.6 is 0 Å². The summed E-state index contributed by atoms with van der Waals surface area (Å²) >= 11 is 0. The fourth-order valence-corrected chi connectivity index (χ4v) is 0.612. The van der Waals surface area contributed by atoms with E-state index < -0.39 is 0 Å². The van der Waals surface area contributed by atoms with E-state index in [0.717, 1.165) is 29.7 Å². The second-order valence-corrected chi connectivity index (χ2v) is 5.04. The topological polar surface area (TPSA) is 24.7 Å². The third-order valence-corrected chi connectivity index (χ3v) is 2.24. The van der Waals surface area contributed by atoms with Crippen molar-refractivity contribution in [2.45, 2.75) is 89.5 Å². The maximum absolute atomic E-state index is 3.82. The molecule has 0 aromatic heterocycles. The van der Waals surface area contributed by atoms with E-state index in [0.29, 0.717) is 0 Å². The van der Waals surface area contributed by atoms with Gasteiger partial charge in [0.2, 0.25) is 0 Å². The van der Waals surface area contributed by atoms with E-state index in [4.69, 9.17) is 0 Å². The van der Waals surface area contributed by atoms with Crippen molar-refractivity contribution in [2.75, 3.05) is 0 Å². The average molecular weight is 352 g/mol. The zero-order valence-corrected chi connectivity index (χ0v) is 16.6. The van der Waals surface area contributed by atoms with Crippen LogP contribution in [0.15, 0.2) is 10.2 Å². The van der Waals surface area contributed by atoms with Gasteiger partial charge in [-0.2, -0.15) is 10.2 Å². The molecule has 0 aliphatic carbocycles. The van der Waals surface area contributed by atoms with Crippen molar-refractivity contribution >= 4 is 11.4 Å². The SMILES string of the molecule is C.CC.CC(C)C(C)C.CC1=NN=C(C)C1.CCC.[Ar].[Ar]. The molecule has 1 rings (SSSR count). The molecule has 1 aliphatic heterocycles. The average Bonchev–Trinajstić information content (AvgIpc) is 2.67. The molecule has 0 amide bonds. The van der Waals surface area contributed by atoms with E-state index in [1.807, 2.05) is 27.7 Å². The Hall–Kier alpha value is 1.86. The first-order chi connectivity index (χ1) is 8.34. The zero-order valence-electron chi connectivity index (χ0n) is 15.2. The van der Waals surface area contributed by atoms with Gasteiger partial charge in [-0.15, -0.1) is 0 Å². The first kappa shape index (κ1) is 38.4. The second-order valence-electron chi connectivity index (χ2n) is 5.04. The monoisotopic (exact) mass is 352 g/mol. The summed E-state index contributed by atoms with van der Waals surface area (Å²) in [5, 5.41) is 7.64. The molecule has 0 saturated carbocycles. The summed E-state index contributed by atoms with van der Waals surface area (Å²) in [4.78, 5) is 0. The van der Waals surface area contributed by atoms with Crippen LogP contribution in [0.4, 0.5) is 0 Å². The number of rotatable bonds is 1. The summed E-state index contributed by atoms with van der Waals surface area (Å²) < 4.78 is 0. The van der Waals surface area contributed by atoms with Gasteiger partial charge in [0.25, 0.3) is 0 Å². The van der Waals surface area contributed by atoms with Crippen LogP contribution in [-0.2, 0) is 0 Å². The van der Waals surface area contributed by atoms with E-state index in [-0.39, 0.29) is 82.9 Å². The fraction of sp³-hybridized carbons (Fsp3) is 0.882. The molecule has 0 radical (unpaired) electrons. The molecule has 0 fully saturated rings. The van der Waals surface area contributed by atoms with E-state index >= 15 is 0 Å². The Labute approximate surface area is 196 Å². The van der Waals surface area contributed by atoms with Crippen LogP contribution in [0.3, 0.4) is 0 Å². The molecule has 0 unspecified atom stereocenters. The van der Waals surface area contributed by atoms with Crippen LogP contribution in [0.25, 0.3) is 0 Å². The summed E-state index contributed by atoms with van der Waals surface area (Å²) in [5.41, 5.74) is 2.25. The zero-order chi connectivity index (χ0) is 15.1. The molecule has 0 aromatic rings. The predicted molar refractivity (Wildman–Crippen MR) is 94.6 cm³/mol. The van der Waals surface area contributed by atoms with Crippen LogP contribution in [0.1, 0.15) is 89.5 Å². The summed E-state index contributed by atoms with van der Waals surface area (Å²) in [5.74, 6) is 1.70. The van der Waals surface area contributed by atoms with Gasteiger partial charge in [-0.25, -0.2) is 0 Å². The molecule has 0 bridgehead atoms. The Balaban J connectivity index is -0.0000000374. The minimum absolute atomic E-state index is 0. The van der Waals surface area contributed by atoms with E-state index in [1.165, 1.54) is 6.42 Å². The normalized spacial score (nSPS) is 10.7. The van der Waals surface area contributed by atoms with Gasteiger partial charge in [-0.1, -0.05) is 69.2 Å². The number of nitrogens with zero attached hydrogens (tertiary/aromatic N) is 2. The van der Waals surface area contributed by atoms with Gasteiger partial charge in [-0.3, -0.25) is 0 Å². The van der Waals surface area contributed by atoms with Crippen LogP contribution in [0.5, 0.6) is 0 Å². The van der Waals surface area contributed by atoms with Gasteiger partial charge in [0.05, 0.1) is 0 Å². The molecular weight excluding hydrogens is 312 g/mol. The summed E-state index contributed by atoms with van der Waals surface area (Å²) in [7, 11) is 0. The fourth-order valence-electron chi connectivity index (χ4n) is 0.612. The molecule has 0 spiro atoms. The molecule has 1 heterocycles. The van der Waals surface area contributed by atoms with Crippen molar-refractivity contribution in [2.24, 2.45) is 22.0 Å². The van der Waals surface area contributed by atoms with E-state index in [2.05, 4.69) is 51.7 Å². The van der Waals surface area contributed by atoms with Crippen molar-refractivity contribution in [1.82, 2.24) is 0 Å². The number of hydrogen-bond acceptors (Lipinski definition) is 2. The minimum Gasteiger partial charge on any atom is -0.160 e. The van der Waals surface area contributed by atoms with Crippen molar-refractivity contribution in [3.05, 3.63) is 0 Å². The van der Waals surface area contributed by atoms with Gasteiger partial charge in [0.15, 0.2) is 0 Å². The van der Waals surface area contributed by atoms with Crippen molar-refractivity contribution < 1.29 is 75.5 Å². The maximum atomic E-state index is 3.82. The van der Waals surface area contributed by atoms with Crippen LogP contribution in [0.2, 0.25) is 0 Å². The molecule has 0 aromatic carbocycles. The Kier molecular flexibility index (Phi) is 54.6. The summed E-state index contributed by atoms with van der Waals surface area (Å²) in [6, 6.07) is 0. The molecular formula is C17H40Ar2N2.